The number of halogens is 8. The van der Waals surface area contributed by atoms with E-state index in [1.165, 1.54) is 0 Å². The van der Waals surface area contributed by atoms with Gasteiger partial charge in [0.05, 0.1) is 36.4 Å². The van der Waals surface area contributed by atoms with Crippen LogP contribution in [0.3, 0.4) is 0 Å². The number of ether oxygens (including phenoxy) is 1. The number of carboxylic acids is 1. The summed E-state index contributed by atoms with van der Waals surface area (Å²) in [7, 11) is 0. The van der Waals surface area contributed by atoms with Crippen LogP contribution < -0.4 is 5.43 Å². The van der Waals surface area contributed by atoms with Crippen molar-refractivity contribution in [2.45, 2.75) is 45.1 Å². The maximum absolute atomic E-state index is 13.9. The lowest BCUT2D eigenvalue weighted by Crippen LogP contribution is -2.27. The fourth-order valence-electron chi connectivity index (χ4n) is 4.50. The number of esters is 1. The summed E-state index contributed by atoms with van der Waals surface area (Å²) in [5.74, 6) is -2.26. The van der Waals surface area contributed by atoms with Crippen LogP contribution in [0.5, 0.6) is 5.75 Å². The molecule has 1 unspecified atom stereocenters. The number of unbranched alkanes of at least 4 members (excludes halogenated alkanes) is 3. The molecule has 1 atom stereocenters. The largest absolute Gasteiger partial charge is 0.506 e. The summed E-state index contributed by atoms with van der Waals surface area (Å²) in [6.07, 6.45) is 1.81. The minimum absolute atomic E-state index is 0.00882. The molecular weight excluding hydrogens is 1100 g/mol. The second kappa shape index (κ2) is 14.8. The standard InChI is InChI=1S/C28H18Cl4I4O7/c1-2-3-4-5-6-13(27(39)40)42-28(41)16-15(17(29)19(31)20(32)18(16)30)14-9-7-11(33)23(37)21(35)25(9)43-26-10(14)8-12(34)24(38)22(26)36/h7-8,13,37H,2-6H2,1H3,(H,39,40). The zero-order valence-electron chi connectivity index (χ0n) is 21.7. The fraction of sp³-hybridized carbons (Fsp3) is 0.250. The van der Waals surface area contributed by atoms with Crippen molar-refractivity contribution in [3.63, 3.8) is 0 Å². The molecule has 0 fully saturated rings. The number of carbonyl (C=O) groups excluding carboxylic acids is 1. The Morgan fingerprint density at radius 1 is 0.907 bits per heavy atom. The van der Waals surface area contributed by atoms with Gasteiger partial charge >= 0.3 is 11.9 Å². The van der Waals surface area contributed by atoms with E-state index in [1.807, 2.05) is 97.3 Å². The normalized spacial score (nSPS) is 12.2. The van der Waals surface area contributed by atoms with Gasteiger partial charge in [-0.05, 0) is 115 Å². The van der Waals surface area contributed by atoms with Crippen molar-refractivity contribution in [2.24, 2.45) is 0 Å². The molecule has 0 spiro atoms. The summed E-state index contributed by atoms with van der Waals surface area (Å²) in [6, 6.07) is 3.22. The highest BCUT2D eigenvalue weighted by atomic mass is 127. The fourth-order valence-corrected chi connectivity index (χ4v) is 9.10. The van der Waals surface area contributed by atoms with Crippen LogP contribution in [0.2, 0.25) is 20.1 Å². The molecule has 0 radical (unpaired) electrons. The van der Waals surface area contributed by atoms with E-state index in [9.17, 15) is 24.6 Å². The van der Waals surface area contributed by atoms with Crippen molar-refractivity contribution in [3.05, 3.63) is 62.3 Å². The summed E-state index contributed by atoms with van der Waals surface area (Å²) in [5.41, 5.74) is 0.320. The van der Waals surface area contributed by atoms with Gasteiger partial charge in [0, 0.05) is 22.1 Å². The third-order valence-corrected chi connectivity index (χ3v) is 12.0. The summed E-state index contributed by atoms with van der Waals surface area (Å²) in [5, 5.41) is 20.2. The second-order valence-electron chi connectivity index (χ2n) is 9.34. The molecule has 2 aliphatic rings. The molecule has 0 saturated heterocycles. The molecule has 0 bridgehead atoms. The van der Waals surface area contributed by atoms with Crippen LogP contribution in [-0.2, 0) is 9.53 Å². The Labute approximate surface area is 320 Å². The number of aromatic hydroxyl groups is 1. The van der Waals surface area contributed by atoms with Crippen LogP contribution in [0.25, 0.3) is 33.4 Å². The van der Waals surface area contributed by atoms with Gasteiger partial charge in [0.25, 0.3) is 0 Å². The van der Waals surface area contributed by atoms with Crippen molar-refractivity contribution >= 4 is 160 Å². The first kappa shape index (κ1) is 35.8. The molecule has 15 heteroatoms. The molecule has 0 amide bonds. The lowest BCUT2D eigenvalue weighted by molar-refractivity contribution is -0.147. The van der Waals surface area contributed by atoms with Crippen molar-refractivity contribution in [1.29, 1.82) is 0 Å². The molecule has 228 valence electrons. The number of fused-ring (bicyclic) bond motifs is 2. The van der Waals surface area contributed by atoms with Crippen molar-refractivity contribution in [2.75, 3.05) is 0 Å². The molecule has 2 aromatic rings. The number of phenolic OH excluding ortho intramolecular Hbond substituents is 1. The summed E-state index contributed by atoms with van der Waals surface area (Å²) >= 11 is 34.1. The van der Waals surface area contributed by atoms with E-state index in [0.29, 0.717) is 33.6 Å². The molecule has 1 aliphatic heterocycles. The SMILES string of the molecule is CCCCCCC(OC(=O)c1c(Cl)c(Cl)c(Cl)c(Cl)c1-c1c2cc(I)c(=O)c(I)c-2oc2c(I)c(O)c(I)cc12)C(=O)O. The van der Waals surface area contributed by atoms with E-state index in [1.54, 1.807) is 12.1 Å². The highest BCUT2D eigenvalue weighted by Gasteiger charge is 2.34. The summed E-state index contributed by atoms with van der Waals surface area (Å²) in [6.45, 7) is 2.03. The zero-order valence-corrected chi connectivity index (χ0v) is 33.4. The summed E-state index contributed by atoms with van der Waals surface area (Å²) < 4.78 is 13.2. The maximum Gasteiger partial charge on any atom is 0.345 e. The number of aliphatic carboxylic acids is 1. The predicted molar refractivity (Wildman–Crippen MR) is 203 cm³/mol. The molecule has 7 nitrogen and oxygen atoms in total. The highest BCUT2D eigenvalue weighted by Crippen LogP contribution is 2.52. The number of benzene rings is 3. The average molecular weight is 1120 g/mol. The Hall–Kier alpha value is -0.0500. The van der Waals surface area contributed by atoms with E-state index in [2.05, 4.69) is 0 Å². The Morgan fingerprint density at radius 2 is 1.56 bits per heavy atom. The van der Waals surface area contributed by atoms with Gasteiger partial charge in [0.15, 0.2) is 17.4 Å². The first-order valence-corrected chi connectivity index (χ1v) is 18.3. The third-order valence-electron chi connectivity index (χ3n) is 6.59. The minimum Gasteiger partial charge on any atom is -0.506 e. The van der Waals surface area contributed by atoms with Crippen LogP contribution in [0.1, 0.15) is 49.4 Å². The van der Waals surface area contributed by atoms with Crippen molar-refractivity contribution < 1.29 is 29.0 Å². The van der Waals surface area contributed by atoms with Gasteiger partial charge in [-0.25, -0.2) is 9.59 Å². The van der Waals surface area contributed by atoms with Gasteiger partial charge in [0.2, 0.25) is 5.43 Å². The molecule has 43 heavy (non-hydrogen) atoms. The predicted octanol–water partition coefficient (Wildman–Crippen LogP) is 10.9. The van der Waals surface area contributed by atoms with Gasteiger partial charge in [-0.1, -0.05) is 72.6 Å². The molecule has 4 rings (SSSR count). The number of carbonyl (C=O) groups is 2. The van der Waals surface area contributed by atoms with Crippen LogP contribution in [0.15, 0.2) is 21.3 Å². The van der Waals surface area contributed by atoms with Gasteiger partial charge < -0.3 is 19.4 Å². The van der Waals surface area contributed by atoms with Gasteiger partial charge in [-0.2, -0.15) is 0 Å². The number of carboxylic acid groups (broad SMARTS) is 1. The Bertz CT molecular complexity index is 1830. The topological polar surface area (TPSA) is 114 Å². The molecule has 0 saturated carbocycles. The summed E-state index contributed by atoms with van der Waals surface area (Å²) in [4.78, 5) is 38.9. The third kappa shape index (κ3) is 6.98. The first-order valence-electron chi connectivity index (χ1n) is 12.5. The van der Waals surface area contributed by atoms with E-state index in [-0.39, 0.29) is 63.7 Å². The second-order valence-corrected chi connectivity index (χ2v) is 15.3. The average Bonchev–Trinajstić information content (AvgIpc) is 2.96. The molecule has 1 heterocycles. The number of rotatable bonds is 9. The van der Waals surface area contributed by atoms with E-state index in [4.69, 9.17) is 55.6 Å². The Morgan fingerprint density at radius 3 is 2.19 bits per heavy atom. The highest BCUT2D eigenvalue weighted by molar-refractivity contribution is 14.1. The van der Waals surface area contributed by atoms with Crippen LogP contribution in [0.4, 0.5) is 0 Å². The quantitative estimate of drug-likeness (QED) is 0.0429. The van der Waals surface area contributed by atoms with E-state index < -0.39 is 18.0 Å². The van der Waals surface area contributed by atoms with Gasteiger partial charge in [0.1, 0.15) is 9.32 Å². The lowest BCUT2D eigenvalue weighted by atomic mass is 9.90. The van der Waals surface area contributed by atoms with Gasteiger partial charge in [-0.3, -0.25) is 4.79 Å². The van der Waals surface area contributed by atoms with Crippen LogP contribution in [-0.4, -0.2) is 28.3 Å². The number of hydrogen-bond donors (Lipinski definition) is 2. The molecular formula is C28H18Cl4I4O7. The maximum atomic E-state index is 13.9. The molecule has 2 aromatic carbocycles. The minimum atomic E-state index is -1.45. The molecule has 2 N–H and O–H groups in total. The smallest absolute Gasteiger partial charge is 0.345 e. The lowest BCUT2D eigenvalue weighted by Gasteiger charge is -2.23. The zero-order chi connectivity index (χ0) is 31.9. The van der Waals surface area contributed by atoms with E-state index >= 15 is 0 Å². The van der Waals surface area contributed by atoms with Gasteiger partial charge in [-0.15, -0.1) is 0 Å². The van der Waals surface area contributed by atoms with Crippen molar-refractivity contribution in [1.82, 2.24) is 0 Å². The Balaban J connectivity index is 2.11. The number of phenols is 1. The van der Waals surface area contributed by atoms with Crippen LogP contribution >= 0.6 is 137 Å². The first-order chi connectivity index (χ1) is 20.2. The number of hydrogen-bond acceptors (Lipinski definition) is 6. The van der Waals surface area contributed by atoms with Crippen molar-refractivity contribution in [3.8, 4) is 28.2 Å². The monoisotopic (exact) mass is 1110 g/mol. The van der Waals surface area contributed by atoms with Crippen LogP contribution in [0, 0.1) is 14.3 Å². The Kier molecular flexibility index (Phi) is 12.3. The molecule has 0 aromatic heterocycles. The van der Waals surface area contributed by atoms with E-state index in [0.717, 1.165) is 19.3 Å². The molecule has 1 aliphatic carbocycles.